The van der Waals surface area contributed by atoms with Gasteiger partial charge in [0.25, 0.3) is 5.69 Å². The van der Waals surface area contributed by atoms with Gasteiger partial charge in [-0.2, -0.15) is 0 Å². The molecular formula is C13H12N2O6. The lowest BCUT2D eigenvalue weighted by molar-refractivity contribution is -0.570. The van der Waals surface area contributed by atoms with E-state index in [1.54, 1.807) is 0 Å². The van der Waals surface area contributed by atoms with Gasteiger partial charge in [0, 0.05) is 12.1 Å². The van der Waals surface area contributed by atoms with Crippen molar-refractivity contribution in [3.05, 3.63) is 61.4 Å². The standard InChI is InChI=1S/C13H12N2O6/c1-7(16)11-8(2)21-13(15(19)20)12(11)9-3-5-10(6-4-9)14(17)18/h3-6,12-13H,1-2H3. The van der Waals surface area contributed by atoms with Crippen molar-refractivity contribution in [1.29, 1.82) is 0 Å². The van der Waals surface area contributed by atoms with Gasteiger partial charge < -0.3 is 4.74 Å². The number of benzene rings is 1. The van der Waals surface area contributed by atoms with Crippen LogP contribution < -0.4 is 0 Å². The van der Waals surface area contributed by atoms with Crippen LogP contribution in [0.15, 0.2) is 35.6 Å². The van der Waals surface area contributed by atoms with E-state index in [4.69, 9.17) is 4.74 Å². The summed E-state index contributed by atoms with van der Waals surface area (Å²) in [4.78, 5) is 32.3. The average Bonchev–Trinajstić information content (AvgIpc) is 2.76. The molecule has 0 radical (unpaired) electrons. The van der Waals surface area contributed by atoms with Gasteiger partial charge in [0.1, 0.15) is 11.7 Å². The molecule has 2 atom stereocenters. The molecule has 0 fully saturated rings. The monoisotopic (exact) mass is 292 g/mol. The summed E-state index contributed by atoms with van der Waals surface area (Å²) in [6.07, 6.45) is -1.40. The summed E-state index contributed by atoms with van der Waals surface area (Å²) in [7, 11) is 0. The summed E-state index contributed by atoms with van der Waals surface area (Å²) >= 11 is 0. The minimum Gasteiger partial charge on any atom is -0.434 e. The van der Waals surface area contributed by atoms with E-state index in [1.807, 2.05) is 0 Å². The Balaban J connectivity index is 2.47. The minimum absolute atomic E-state index is 0.125. The van der Waals surface area contributed by atoms with Gasteiger partial charge in [0.05, 0.1) is 15.4 Å². The van der Waals surface area contributed by atoms with E-state index in [0.29, 0.717) is 5.56 Å². The number of ketones is 1. The average molecular weight is 292 g/mol. The molecule has 2 unspecified atom stereocenters. The molecule has 0 aliphatic carbocycles. The lowest BCUT2D eigenvalue weighted by Gasteiger charge is -2.14. The summed E-state index contributed by atoms with van der Waals surface area (Å²) in [5.74, 6) is -0.967. The van der Waals surface area contributed by atoms with Crippen LogP contribution in [0.25, 0.3) is 0 Å². The fourth-order valence-corrected chi connectivity index (χ4v) is 2.44. The van der Waals surface area contributed by atoms with E-state index < -0.39 is 22.0 Å². The number of Topliss-reactive ketones (excluding diaryl/α,β-unsaturated/α-hetero) is 1. The number of carbonyl (C=O) groups is 1. The quantitative estimate of drug-likeness (QED) is 0.620. The van der Waals surface area contributed by atoms with Gasteiger partial charge in [-0.1, -0.05) is 12.1 Å². The predicted molar refractivity (Wildman–Crippen MR) is 71.1 cm³/mol. The number of rotatable bonds is 4. The second-order valence-electron chi connectivity index (χ2n) is 4.65. The van der Waals surface area contributed by atoms with Crippen molar-refractivity contribution in [2.75, 3.05) is 0 Å². The molecule has 0 amide bonds. The summed E-state index contributed by atoms with van der Waals surface area (Å²) in [6.45, 7) is 2.81. The van der Waals surface area contributed by atoms with Crippen LogP contribution in [0, 0.1) is 20.2 Å². The Labute approximate surface area is 119 Å². The molecule has 0 saturated heterocycles. The van der Waals surface area contributed by atoms with Gasteiger partial charge in [-0.25, -0.2) is 0 Å². The Bertz CT molecular complexity index is 649. The molecule has 1 aromatic rings. The molecule has 2 rings (SSSR count). The maximum Gasteiger partial charge on any atom is 0.364 e. The topological polar surface area (TPSA) is 113 Å². The molecule has 0 saturated carbocycles. The highest BCUT2D eigenvalue weighted by atomic mass is 16.7. The number of nitro benzene ring substituents is 1. The largest absolute Gasteiger partial charge is 0.434 e. The van der Waals surface area contributed by atoms with Crippen molar-refractivity contribution >= 4 is 11.5 Å². The van der Waals surface area contributed by atoms with Gasteiger partial charge in [0.15, 0.2) is 5.78 Å². The van der Waals surface area contributed by atoms with Gasteiger partial charge in [-0.3, -0.25) is 25.0 Å². The molecule has 1 heterocycles. The van der Waals surface area contributed by atoms with Crippen molar-refractivity contribution in [2.24, 2.45) is 0 Å². The second-order valence-corrected chi connectivity index (χ2v) is 4.65. The molecule has 110 valence electrons. The van der Waals surface area contributed by atoms with E-state index in [0.717, 1.165) is 0 Å². The molecule has 8 heteroatoms. The van der Waals surface area contributed by atoms with Crippen molar-refractivity contribution in [2.45, 2.75) is 26.0 Å². The fraction of sp³-hybridized carbons (Fsp3) is 0.308. The third-order valence-corrected chi connectivity index (χ3v) is 3.32. The first-order valence-corrected chi connectivity index (χ1v) is 6.09. The third-order valence-electron chi connectivity index (χ3n) is 3.32. The lowest BCUT2D eigenvalue weighted by atomic mass is 9.88. The van der Waals surface area contributed by atoms with E-state index in [2.05, 4.69) is 0 Å². The highest BCUT2D eigenvalue weighted by Gasteiger charge is 2.46. The molecule has 1 aromatic carbocycles. The van der Waals surface area contributed by atoms with Gasteiger partial charge in [-0.05, 0) is 19.4 Å². The number of allylic oxidation sites excluding steroid dienone is 1. The number of carbonyl (C=O) groups excluding carboxylic acids is 1. The predicted octanol–water partition coefficient (Wildman–Crippen LogP) is 2.17. The number of ether oxygens (including phenoxy) is 1. The third kappa shape index (κ3) is 2.60. The molecule has 21 heavy (non-hydrogen) atoms. The Morgan fingerprint density at radius 3 is 2.19 bits per heavy atom. The van der Waals surface area contributed by atoms with Crippen LogP contribution in [0.4, 0.5) is 5.69 Å². The molecule has 8 nitrogen and oxygen atoms in total. The Kier molecular flexibility index (Phi) is 3.70. The van der Waals surface area contributed by atoms with Crippen LogP contribution in [0.1, 0.15) is 25.3 Å². The number of nitrogens with zero attached hydrogens (tertiary/aromatic N) is 2. The number of non-ortho nitro benzene ring substituents is 1. The number of nitro groups is 2. The maximum atomic E-state index is 11.7. The molecule has 0 spiro atoms. The van der Waals surface area contributed by atoms with Crippen LogP contribution in [0.2, 0.25) is 0 Å². The van der Waals surface area contributed by atoms with Crippen LogP contribution in [-0.4, -0.2) is 21.9 Å². The molecule has 0 N–H and O–H groups in total. The van der Waals surface area contributed by atoms with Crippen molar-refractivity contribution in [3.63, 3.8) is 0 Å². The zero-order chi connectivity index (χ0) is 15.7. The highest BCUT2D eigenvalue weighted by molar-refractivity contribution is 5.95. The Hall–Kier alpha value is -2.77. The first kappa shape index (κ1) is 14.6. The molecule has 0 aromatic heterocycles. The van der Waals surface area contributed by atoms with Gasteiger partial charge in [-0.15, -0.1) is 0 Å². The molecule has 1 aliphatic heterocycles. The molecule has 1 aliphatic rings. The lowest BCUT2D eigenvalue weighted by Crippen LogP contribution is -2.27. The number of hydrogen-bond donors (Lipinski definition) is 0. The highest BCUT2D eigenvalue weighted by Crippen LogP contribution is 2.39. The van der Waals surface area contributed by atoms with Crippen LogP contribution in [0.3, 0.4) is 0 Å². The second kappa shape index (κ2) is 5.31. The SMILES string of the molecule is CC(=O)C1=C(C)OC([N+](=O)[O-])C1c1ccc([N+](=O)[O-])cc1. The first-order valence-electron chi connectivity index (χ1n) is 6.09. The summed E-state index contributed by atoms with van der Waals surface area (Å²) in [5.41, 5.74) is 0.537. The van der Waals surface area contributed by atoms with Crippen LogP contribution in [0.5, 0.6) is 0 Å². The number of hydrogen-bond acceptors (Lipinski definition) is 6. The van der Waals surface area contributed by atoms with Crippen molar-refractivity contribution < 1.29 is 19.4 Å². The molecular weight excluding hydrogens is 280 g/mol. The Morgan fingerprint density at radius 2 is 1.76 bits per heavy atom. The normalized spacial score (nSPS) is 21.0. The van der Waals surface area contributed by atoms with E-state index in [1.165, 1.54) is 38.1 Å². The van der Waals surface area contributed by atoms with E-state index in [9.17, 15) is 25.0 Å². The maximum absolute atomic E-state index is 11.7. The van der Waals surface area contributed by atoms with E-state index in [-0.39, 0.29) is 22.8 Å². The minimum atomic E-state index is -1.40. The Morgan fingerprint density at radius 1 is 1.19 bits per heavy atom. The summed E-state index contributed by atoms with van der Waals surface area (Å²) < 4.78 is 5.17. The van der Waals surface area contributed by atoms with E-state index >= 15 is 0 Å². The zero-order valence-electron chi connectivity index (χ0n) is 11.3. The fourth-order valence-electron chi connectivity index (χ4n) is 2.44. The van der Waals surface area contributed by atoms with Gasteiger partial charge >= 0.3 is 6.23 Å². The van der Waals surface area contributed by atoms with Crippen LogP contribution >= 0.6 is 0 Å². The first-order chi connectivity index (χ1) is 9.82. The molecule has 0 bridgehead atoms. The van der Waals surface area contributed by atoms with Crippen LogP contribution in [-0.2, 0) is 9.53 Å². The van der Waals surface area contributed by atoms with Crippen molar-refractivity contribution in [1.82, 2.24) is 0 Å². The van der Waals surface area contributed by atoms with Gasteiger partial charge in [0.2, 0.25) is 0 Å². The summed E-state index contributed by atoms with van der Waals surface area (Å²) in [6, 6.07) is 5.31. The zero-order valence-corrected chi connectivity index (χ0v) is 11.3. The van der Waals surface area contributed by atoms with Crippen molar-refractivity contribution in [3.8, 4) is 0 Å². The summed E-state index contributed by atoms with van der Waals surface area (Å²) in [5, 5.41) is 21.7. The smallest absolute Gasteiger partial charge is 0.364 e.